The molecule has 2 aromatic carbocycles. The van der Waals surface area contributed by atoms with Crippen LogP contribution in [0.5, 0.6) is 0 Å². The smallest absolute Gasteiger partial charge is 0.292 e. The molecule has 0 unspecified atom stereocenters. The zero-order valence-electron chi connectivity index (χ0n) is 10.4. The summed E-state index contributed by atoms with van der Waals surface area (Å²) in [6.45, 7) is 0. The summed E-state index contributed by atoms with van der Waals surface area (Å²) in [7, 11) is 0. The third-order valence-electron chi connectivity index (χ3n) is 2.97. The molecular weight excluding hydrogens is 274 g/mol. The number of nitro groups is 1. The molecule has 100 valence electrons. The third kappa shape index (κ3) is 2.28. The summed E-state index contributed by atoms with van der Waals surface area (Å²) in [5.41, 5.74) is 7.39. The predicted octanol–water partition coefficient (Wildman–Crippen LogP) is 4.14. The number of hydrogen-bond acceptors (Lipinski definition) is 5. The van der Waals surface area contributed by atoms with Gasteiger partial charge in [0.1, 0.15) is 5.69 Å². The van der Waals surface area contributed by atoms with Crippen molar-refractivity contribution in [3.63, 3.8) is 0 Å². The SMILES string of the molecule is Nc1cc(Nc2ccc3sccc3c2)ccc1[N+](=O)[O-]. The maximum Gasteiger partial charge on any atom is 0.292 e. The zero-order valence-corrected chi connectivity index (χ0v) is 11.2. The number of benzene rings is 2. The fraction of sp³-hybridized carbons (Fsp3) is 0. The van der Waals surface area contributed by atoms with Gasteiger partial charge in [0.2, 0.25) is 0 Å². The minimum atomic E-state index is -0.490. The van der Waals surface area contributed by atoms with E-state index in [4.69, 9.17) is 5.73 Å². The number of hydrogen-bond donors (Lipinski definition) is 2. The standard InChI is InChI=1S/C14H11N3O2S/c15-12-8-11(1-3-13(12)17(18)19)16-10-2-4-14-9(7-10)5-6-20-14/h1-8,16H,15H2. The van der Waals surface area contributed by atoms with Crippen molar-refractivity contribution in [1.82, 2.24) is 0 Å². The fourth-order valence-electron chi connectivity index (χ4n) is 2.01. The number of nitrogen functional groups attached to an aromatic ring is 1. The highest BCUT2D eigenvalue weighted by molar-refractivity contribution is 7.17. The average molecular weight is 285 g/mol. The number of nitrogens with two attached hydrogens (primary N) is 1. The molecule has 0 bridgehead atoms. The van der Waals surface area contributed by atoms with Crippen LogP contribution in [0.15, 0.2) is 47.8 Å². The lowest BCUT2D eigenvalue weighted by Gasteiger charge is -2.07. The van der Waals surface area contributed by atoms with Crippen LogP contribution in [0, 0.1) is 10.1 Å². The normalized spacial score (nSPS) is 10.6. The molecule has 0 fully saturated rings. The number of nitrogens with one attached hydrogen (secondary N) is 1. The van der Waals surface area contributed by atoms with Crippen molar-refractivity contribution in [2.45, 2.75) is 0 Å². The predicted molar refractivity (Wildman–Crippen MR) is 82.6 cm³/mol. The Balaban J connectivity index is 1.90. The van der Waals surface area contributed by atoms with Gasteiger partial charge in [0.15, 0.2) is 0 Å². The van der Waals surface area contributed by atoms with Crippen LogP contribution >= 0.6 is 11.3 Å². The molecule has 3 N–H and O–H groups in total. The van der Waals surface area contributed by atoms with Gasteiger partial charge in [0.25, 0.3) is 5.69 Å². The Morgan fingerprint density at radius 2 is 1.85 bits per heavy atom. The van der Waals surface area contributed by atoms with Crippen molar-refractivity contribution in [1.29, 1.82) is 0 Å². The van der Waals surface area contributed by atoms with E-state index in [0.29, 0.717) is 0 Å². The van der Waals surface area contributed by atoms with E-state index in [1.165, 1.54) is 10.8 Å². The highest BCUT2D eigenvalue weighted by Gasteiger charge is 2.11. The van der Waals surface area contributed by atoms with Crippen LogP contribution in [0.3, 0.4) is 0 Å². The van der Waals surface area contributed by atoms with Crippen LogP contribution < -0.4 is 11.1 Å². The van der Waals surface area contributed by atoms with E-state index in [2.05, 4.69) is 11.4 Å². The number of thiophene rings is 1. The van der Waals surface area contributed by atoms with E-state index in [0.717, 1.165) is 16.8 Å². The number of fused-ring (bicyclic) bond motifs is 1. The van der Waals surface area contributed by atoms with Gasteiger partial charge in [-0.15, -0.1) is 11.3 Å². The highest BCUT2D eigenvalue weighted by Crippen LogP contribution is 2.29. The Bertz CT molecular complexity index is 798. The molecule has 6 heteroatoms. The molecule has 0 aliphatic rings. The van der Waals surface area contributed by atoms with E-state index >= 15 is 0 Å². The van der Waals surface area contributed by atoms with Crippen molar-refractivity contribution in [2.75, 3.05) is 11.1 Å². The summed E-state index contributed by atoms with van der Waals surface area (Å²) in [6, 6.07) is 12.7. The van der Waals surface area contributed by atoms with Crippen molar-refractivity contribution in [2.24, 2.45) is 0 Å². The Morgan fingerprint density at radius 3 is 2.60 bits per heavy atom. The molecular formula is C14H11N3O2S. The summed E-state index contributed by atoms with van der Waals surface area (Å²) >= 11 is 1.69. The molecule has 0 atom stereocenters. The van der Waals surface area contributed by atoms with Gasteiger partial charge < -0.3 is 11.1 Å². The van der Waals surface area contributed by atoms with E-state index in [1.54, 1.807) is 23.5 Å². The summed E-state index contributed by atoms with van der Waals surface area (Å²) in [5, 5.41) is 17.1. The van der Waals surface area contributed by atoms with Gasteiger partial charge in [-0.25, -0.2) is 0 Å². The van der Waals surface area contributed by atoms with Gasteiger partial charge in [-0.1, -0.05) is 0 Å². The second kappa shape index (κ2) is 4.82. The monoisotopic (exact) mass is 285 g/mol. The average Bonchev–Trinajstić information content (AvgIpc) is 2.85. The van der Waals surface area contributed by atoms with Gasteiger partial charge in [-0.3, -0.25) is 10.1 Å². The molecule has 0 amide bonds. The molecule has 20 heavy (non-hydrogen) atoms. The summed E-state index contributed by atoms with van der Waals surface area (Å²) in [6.07, 6.45) is 0. The van der Waals surface area contributed by atoms with Crippen molar-refractivity contribution >= 4 is 44.2 Å². The molecule has 1 heterocycles. The summed E-state index contributed by atoms with van der Waals surface area (Å²) in [5.74, 6) is 0. The highest BCUT2D eigenvalue weighted by atomic mass is 32.1. The zero-order chi connectivity index (χ0) is 14.1. The molecule has 0 spiro atoms. The first-order valence-corrected chi connectivity index (χ1v) is 6.79. The van der Waals surface area contributed by atoms with Crippen LogP contribution in [0.2, 0.25) is 0 Å². The van der Waals surface area contributed by atoms with Gasteiger partial charge in [-0.2, -0.15) is 0 Å². The molecule has 3 rings (SSSR count). The van der Waals surface area contributed by atoms with Crippen molar-refractivity contribution in [3.8, 4) is 0 Å². The first kappa shape index (κ1) is 12.4. The molecule has 0 radical (unpaired) electrons. The van der Waals surface area contributed by atoms with Crippen molar-refractivity contribution < 1.29 is 4.92 Å². The van der Waals surface area contributed by atoms with Gasteiger partial charge >= 0.3 is 0 Å². The van der Waals surface area contributed by atoms with Crippen LogP contribution in [0.25, 0.3) is 10.1 Å². The van der Waals surface area contributed by atoms with Crippen LogP contribution in [0.1, 0.15) is 0 Å². The molecule has 0 aliphatic heterocycles. The minimum Gasteiger partial charge on any atom is -0.393 e. The van der Waals surface area contributed by atoms with E-state index in [1.807, 2.05) is 23.6 Å². The Labute approximate surface area is 118 Å². The van der Waals surface area contributed by atoms with Crippen LogP contribution in [-0.2, 0) is 0 Å². The van der Waals surface area contributed by atoms with Crippen molar-refractivity contribution in [3.05, 3.63) is 58.0 Å². The molecule has 0 saturated heterocycles. The topological polar surface area (TPSA) is 81.2 Å². The summed E-state index contributed by atoms with van der Waals surface area (Å²) < 4.78 is 1.22. The summed E-state index contributed by atoms with van der Waals surface area (Å²) in [4.78, 5) is 10.2. The van der Waals surface area contributed by atoms with Crippen LogP contribution in [-0.4, -0.2) is 4.92 Å². The van der Waals surface area contributed by atoms with Gasteiger partial charge in [0.05, 0.1) is 4.92 Å². The quantitative estimate of drug-likeness (QED) is 0.430. The maximum absolute atomic E-state index is 10.7. The molecule has 1 aromatic heterocycles. The third-order valence-corrected chi connectivity index (χ3v) is 3.86. The first-order valence-electron chi connectivity index (χ1n) is 5.92. The Kier molecular flexibility index (Phi) is 3.00. The Morgan fingerprint density at radius 1 is 1.10 bits per heavy atom. The number of nitrogens with zero attached hydrogens (tertiary/aromatic N) is 1. The van der Waals surface area contributed by atoms with E-state index in [9.17, 15) is 10.1 Å². The second-order valence-electron chi connectivity index (χ2n) is 4.33. The lowest BCUT2D eigenvalue weighted by Crippen LogP contribution is -1.97. The van der Waals surface area contributed by atoms with E-state index in [-0.39, 0.29) is 11.4 Å². The van der Waals surface area contributed by atoms with E-state index < -0.39 is 4.92 Å². The fourth-order valence-corrected chi connectivity index (χ4v) is 2.78. The largest absolute Gasteiger partial charge is 0.393 e. The van der Waals surface area contributed by atoms with Gasteiger partial charge in [0, 0.05) is 22.1 Å². The van der Waals surface area contributed by atoms with Crippen LogP contribution in [0.4, 0.5) is 22.7 Å². The number of anilines is 3. The number of nitro benzene ring substituents is 1. The lowest BCUT2D eigenvalue weighted by molar-refractivity contribution is -0.383. The molecule has 3 aromatic rings. The first-order chi connectivity index (χ1) is 9.63. The molecule has 5 nitrogen and oxygen atoms in total. The minimum absolute atomic E-state index is 0.0798. The van der Waals surface area contributed by atoms with Gasteiger partial charge in [-0.05, 0) is 47.2 Å². The lowest BCUT2D eigenvalue weighted by atomic mass is 10.2. The second-order valence-corrected chi connectivity index (χ2v) is 5.28. The molecule has 0 saturated carbocycles. The molecule has 0 aliphatic carbocycles. The Hall–Kier alpha value is -2.60. The number of rotatable bonds is 3. The maximum atomic E-state index is 10.7.